The lowest BCUT2D eigenvalue weighted by molar-refractivity contribution is 0.0946. The summed E-state index contributed by atoms with van der Waals surface area (Å²) >= 11 is 0. The molecule has 1 amide bonds. The molecular weight excluding hydrogens is 212 g/mol. The summed E-state index contributed by atoms with van der Waals surface area (Å²) in [6, 6.07) is 7.68. The third-order valence-electron chi connectivity index (χ3n) is 2.62. The average Bonchev–Trinajstić information content (AvgIpc) is 2.36. The summed E-state index contributed by atoms with van der Waals surface area (Å²) < 4.78 is 0. The van der Waals surface area contributed by atoms with Gasteiger partial charge in [0.05, 0.1) is 0 Å². The van der Waals surface area contributed by atoms with E-state index in [2.05, 4.69) is 17.2 Å². The highest BCUT2D eigenvalue weighted by Crippen LogP contribution is 2.09. The first-order valence-corrected chi connectivity index (χ1v) is 5.85. The highest BCUT2D eigenvalue weighted by atomic mass is 16.1. The molecule has 1 unspecified atom stereocenters. The largest absolute Gasteiger partial charge is 0.346 e. The zero-order valence-corrected chi connectivity index (χ0v) is 10.5. The van der Waals surface area contributed by atoms with Crippen molar-refractivity contribution in [2.45, 2.75) is 19.4 Å². The Hall–Kier alpha value is -1.61. The molecule has 0 radical (unpaired) electrons. The van der Waals surface area contributed by atoms with E-state index < -0.39 is 0 Å². The number of amides is 1. The smallest absolute Gasteiger partial charge is 0.252 e. The molecule has 1 rings (SSSR count). The zero-order valence-electron chi connectivity index (χ0n) is 10.5. The van der Waals surface area contributed by atoms with Crippen LogP contribution in [0, 0.1) is 0 Å². The molecule has 0 aromatic heterocycles. The second kappa shape index (κ2) is 6.86. The van der Waals surface area contributed by atoms with Crippen LogP contribution in [0.5, 0.6) is 0 Å². The number of likely N-dealkylation sites (N-methyl/N-ethyl adjacent to an activating group) is 1. The fourth-order valence-electron chi connectivity index (χ4n) is 1.56. The van der Waals surface area contributed by atoms with Crippen LogP contribution < -0.4 is 10.6 Å². The van der Waals surface area contributed by atoms with Gasteiger partial charge in [0, 0.05) is 11.6 Å². The topological polar surface area (TPSA) is 41.1 Å². The molecule has 0 saturated carbocycles. The van der Waals surface area contributed by atoms with Crippen LogP contribution in [-0.2, 0) is 6.42 Å². The van der Waals surface area contributed by atoms with Gasteiger partial charge in [-0.1, -0.05) is 24.3 Å². The van der Waals surface area contributed by atoms with E-state index in [1.54, 1.807) is 6.08 Å². The fourth-order valence-corrected chi connectivity index (χ4v) is 1.56. The first-order chi connectivity index (χ1) is 8.19. The number of hydrogen-bond donors (Lipinski definition) is 2. The van der Waals surface area contributed by atoms with Crippen LogP contribution in [-0.4, -0.2) is 25.5 Å². The number of nitrogens with one attached hydrogen (secondary N) is 2. The Morgan fingerprint density at radius 3 is 2.82 bits per heavy atom. The van der Waals surface area contributed by atoms with Gasteiger partial charge in [-0.3, -0.25) is 4.79 Å². The van der Waals surface area contributed by atoms with Crippen molar-refractivity contribution in [2.24, 2.45) is 0 Å². The number of benzene rings is 1. The summed E-state index contributed by atoms with van der Waals surface area (Å²) in [5.41, 5.74) is 1.81. The van der Waals surface area contributed by atoms with Crippen molar-refractivity contribution in [3.05, 3.63) is 48.0 Å². The summed E-state index contributed by atoms with van der Waals surface area (Å²) in [6.45, 7) is 6.42. The van der Waals surface area contributed by atoms with Crippen molar-refractivity contribution in [1.82, 2.24) is 10.6 Å². The van der Waals surface area contributed by atoms with E-state index in [1.165, 1.54) is 0 Å². The molecule has 2 N–H and O–H groups in total. The monoisotopic (exact) mass is 232 g/mol. The Labute approximate surface area is 103 Å². The fraction of sp³-hybridized carbons (Fsp3) is 0.357. The molecule has 0 aliphatic carbocycles. The summed E-state index contributed by atoms with van der Waals surface area (Å²) in [7, 11) is 1.91. The molecule has 1 atom stereocenters. The number of hydrogen-bond acceptors (Lipinski definition) is 2. The molecule has 0 bridgehead atoms. The van der Waals surface area contributed by atoms with E-state index in [1.807, 2.05) is 38.2 Å². The van der Waals surface area contributed by atoms with Gasteiger partial charge in [0.2, 0.25) is 0 Å². The minimum Gasteiger partial charge on any atom is -0.346 e. The van der Waals surface area contributed by atoms with Gasteiger partial charge in [0.15, 0.2) is 0 Å². The molecule has 92 valence electrons. The highest BCUT2D eigenvalue weighted by Gasteiger charge is 2.11. The Morgan fingerprint density at radius 2 is 2.18 bits per heavy atom. The van der Waals surface area contributed by atoms with Gasteiger partial charge in [0.1, 0.15) is 0 Å². The minimum atomic E-state index is -0.0379. The van der Waals surface area contributed by atoms with Crippen LogP contribution in [0.1, 0.15) is 22.8 Å². The van der Waals surface area contributed by atoms with Crippen molar-refractivity contribution in [1.29, 1.82) is 0 Å². The third kappa shape index (κ3) is 4.04. The number of carbonyl (C=O) groups excluding carboxylic acids is 1. The normalized spacial score (nSPS) is 11.9. The maximum Gasteiger partial charge on any atom is 0.252 e. The van der Waals surface area contributed by atoms with Crippen molar-refractivity contribution < 1.29 is 4.79 Å². The Bertz CT molecular complexity index is 388. The molecule has 0 aliphatic heterocycles. The Balaban J connectivity index is 2.81. The lowest BCUT2D eigenvalue weighted by atomic mass is 10.0. The van der Waals surface area contributed by atoms with Crippen LogP contribution in [0.4, 0.5) is 0 Å². The van der Waals surface area contributed by atoms with Gasteiger partial charge in [-0.05, 0) is 38.6 Å². The SMILES string of the molecule is C=CC(C)NC(=O)c1ccccc1CCNC. The van der Waals surface area contributed by atoms with E-state index in [9.17, 15) is 4.79 Å². The van der Waals surface area contributed by atoms with Crippen LogP contribution in [0.3, 0.4) is 0 Å². The first-order valence-electron chi connectivity index (χ1n) is 5.85. The molecule has 0 fully saturated rings. The molecule has 0 heterocycles. The lowest BCUT2D eigenvalue weighted by Gasteiger charge is -2.12. The van der Waals surface area contributed by atoms with Crippen LogP contribution >= 0.6 is 0 Å². The third-order valence-corrected chi connectivity index (χ3v) is 2.62. The molecule has 0 spiro atoms. The van der Waals surface area contributed by atoms with Crippen LogP contribution in [0.15, 0.2) is 36.9 Å². The second-order valence-electron chi connectivity index (χ2n) is 4.01. The lowest BCUT2D eigenvalue weighted by Crippen LogP contribution is -2.31. The maximum absolute atomic E-state index is 12.0. The van der Waals surface area contributed by atoms with Crippen molar-refractivity contribution in [3.8, 4) is 0 Å². The van der Waals surface area contributed by atoms with Gasteiger partial charge in [-0.2, -0.15) is 0 Å². The summed E-state index contributed by atoms with van der Waals surface area (Å²) in [5.74, 6) is -0.0379. The second-order valence-corrected chi connectivity index (χ2v) is 4.01. The van der Waals surface area contributed by atoms with Gasteiger partial charge in [-0.15, -0.1) is 6.58 Å². The van der Waals surface area contributed by atoms with Crippen molar-refractivity contribution in [2.75, 3.05) is 13.6 Å². The van der Waals surface area contributed by atoms with Gasteiger partial charge in [-0.25, -0.2) is 0 Å². The number of rotatable bonds is 6. The molecule has 0 saturated heterocycles. The highest BCUT2D eigenvalue weighted by molar-refractivity contribution is 5.95. The molecular formula is C14H20N2O. The average molecular weight is 232 g/mol. The standard InChI is InChI=1S/C14H20N2O/c1-4-11(2)16-14(17)13-8-6-5-7-12(13)9-10-15-3/h4-8,11,15H,1,9-10H2,2-3H3,(H,16,17). The minimum absolute atomic E-state index is 0.0140. The van der Waals surface area contributed by atoms with E-state index in [0.29, 0.717) is 0 Å². The Kier molecular flexibility index (Phi) is 5.43. The molecule has 3 nitrogen and oxygen atoms in total. The van der Waals surface area contributed by atoms with Crippen LogP contribution in [0.25, 0.3) is 0 Å². The van der Waals surface area contributed by atoms with Crippen molar-refractivity contribution in [3.63, 3.8) is 0 Å². The summed E-state index contributed by atoms with van der Waals surface area (Å²) in [4.78, 5) is 12.0. The maximum atomic E-state index is 12.0. The van der Waals surface area contributed by atoms with Crippen molar-refractivity contribution >= 4 is 5.91 Å². The zero-order chi connectivity index (χ0) is 12.7. The summed E-state index contributed by atoms with van der Waals surface area (Å²) in [6.07, 6.45) is 2.57. The van der Waals surface area contributed by atoms with E-state index in [4.69, 9.17) is 0 Å². The molecule has 0 aliphatic rings. The predicted octanol–water partition coefficient (Wildman–Crippen LogP) is 1.75. The summed E-state index contributed by atoms with van der Waals surface area (Å²) in [5, 5.41) is 5.97. The van der Waals surface area contributed by atoms with E-state index in [0.717, 1.165) is 24.1 Å². The quantitative estimate of drug-likeness (QED) is 0.734. The van der Waals surface area contributed by atoms with Crippen LogP contribution in [0.2, 0.25) is 0 Å². The van der Waals surface area contributed by atoms with Gasteiger partial charge in [0.25, 0.3) is 5.91 Å². The van der Waals surface area contributed by atoms with E-state index >= 15 is 0 Å². The Morgan fingerprint density at radius 1 is 1.47 bits per heavy atom. The van der Waals surface area contributed by atoms with E-state index in [-0.39, 0.29) is 11.9 Å². The molecule has 1 aromatic rings. The van der Waals surface area contributed by atoms with Gasteiger partial charge < -0.3 is 10.6 Å². The molecule has 17 heavy (non-hydrogen) atoms. The first kappa shape index (κ1) is 13.5. The number of carbonyl (C=O) groups is 1. The molecule has 1 aromatic carbocycles. The molecule has 3 heteroatoms. The predicted molar refractivity (Wildman–Crippen MR) is 71.2 cm³/mol. The van der Waals surface area contributed by atoms with Gasteiger partial charge >= 0.3 is 0 Å².